The van der Waals surface area contributed by atoms with Gasteiger partial charge in [-0.25, -0.2) is 9.78 Å². The van der Waals surface area contributed by atoms with Crippen LogP contribution in [0.25, 0.3) is 10.2 Å². The molecule has 72 valence electrons. The SMILES string of the molecule is COC(=O)c1cc2ccsc2nc1N. The molecule has 0 unspecified atom stereocenters. The quantitative estimate of drug-likeness (QED) is 0.724. The summed E-state index contributed by atoms with van der Waals surface area (Å²) in [4.78, 5) is 16.2. The molecule has 0 aromatic carbocycles. The Morgan fingerprint density at radius 3 is 3.14 bits per heavy atom. The van der Waals surface area contributed by atoms with Crippen LogP contribution < -0.4 is 5.73 Å². The summed E-state index contributed by atoms with van der Waals surface area (Å²) in [6, 6.07) is 3.58. The molecule has 0 spiro atoms. The van der Waals surface area contributed by atoms with Crippen LogP contribution in [0.5, 0.6) is 0 Å². The summed E-state index contributed by atoms with van der Waals surface area (Å²) >= 11 is 1.49. The summed E-state index contributed by atoms with van der Waals surface area (Å²) in [5.41, 5.74) is 5.94. The zero-order chi connectivity index (χ0) is 10.1. The van der Waals surface area contributed by atoms with E-state index in [1.807, 2.05) is 11.4 Å². The summed E-state index contributed by atoms with van der Waals surface area (Å²) in [7, 11) is 1.32. The van der Waals surface area contributed by atoms with E-state index in [4.69, 9.17) is 5.73 Å². The number of thiophene rings is 1. The number of aromatic nitrogens is 1. The molecule has 5 heteroatoms. The van der Waals surface area contributed by atoms with Crippen molar-refractivity contribution in [2.45, 2.75) is 0 Å². The van der Waals surface area contributed by atoms with Gasteiger partial charge in [0.1, 0.15) is 16.2 Å². The molecule has 0 aliphatic rings. The maximum Gasteiger partial charge on any atom is 0.341 e. The van der Waals surface area contributed by atoms with Crippen molar-refractivity contribution in [1.29, 1.82) is 0 Å². The molecular weight excluding hydrogens is 200 g/mol. The predicted octanol–water partition coefficient (Wildman–Crippen LogP) is 1.67. The van der Waals surface area contributed by atoms with E-state index in [2.05, 4.69) is 9.72 Å². The molecule has 2 N–H and O–H groups in total. The molecule has 0 saturated carbocycles. The molecule has 2 heterocycles. The number of esters is 1. The fourth-order valence-corrected chi connectivity index (χ4v) is 1.94. The monoisotopic (exact) mass is 208 g/mol. The number of carbonyl (C=O) groups excluding carboxylic acids is 1. The smallest absolute Gasteiger partial charge is 0.341 e. The van der Waals surface area contributed by atoms with Crippen molar-refractivity contribution in [1.82, 2.24) is 4.98 Å². The van der Waals surface area contributed by atoms with Crippen LogP contribution >= 0.6 is 11.3 Å². The zero-order valence-corrected chi connectivity index (χ0v) is 8.30. The minimum atomic E-state index is -0.455. The number of pyridine rings is 1. The largest absolute Gasteiger partial charge is 0.465 e. The number of hydrogen-bond acceptors (Lipinski definition) is 5. The molecule has 0 aliphatic carbocycles. The number of nitrogens with two attached hydrogens (primary N) is 1. The summed E-state index contributed by atoms with van der Waals surface area (Å²) in [6.45, 7) is 0. The molecule has 4 nitrogen and oxygen atoms in total. The molecule has 0 amide bonds. The Balaban J connectivity index is 2.64. The second kappa shape index (κ2) is 3.26. The molecule has 2 aromatic heterocycles. The fourth-order valence-electron chi connectivity index (χ4n) is 1.18. The van der Waals surface area contributed by atoms with Gasteiger partial charge >= 0.3 is 5.97 Å². The lowest BCUT2D eigenvalue weighted by Gasteiger charge is -2.02. The van der Waals surface area contributed by atoms with Crippen LogP contribution in [0.4, 0.5) is 5.82 Å². The van der Waals surface area contributed by atoms with Crippen LogP contribution in [-0.2, 0) is 4.74 Å². The Hall–Kier alpha value is -1.62. The van der Waals surface area contributed by atoms with Crippen LogP contribution in [-0.4, -0.2) is 18.1 Å². The van der Waals surface area contributed by atoms with Crippen LogP contribution in [0.1, 0.15) is 10.4 Å². The number of methoxy groups -OCH3 is 1. The van der Waals surface area contributed by atoms with Gasteiger partial charge < -0.3 is 10.5 Å². The molecule has 14 heavy (non-hydrogen) atoms. The van der Waals surface area contributed by atoms with E-state index in [1.165, 1.54) is 18.4 Å². The maximum absolute atomic E-state index is 11.3. The highest BCUT2D eigenvalue weighted by Crippen LogP contribution is 2.23. The van der Waals surface area contributed by atoms with E-state index in [-0.39, 0.29) is 5.82 Å². The minimum Gasteiger partial charge on any atom is -0.465 e. The number of nitrogen functional groups attached to an aromatic ring is 1. The first kappa shape index (κ1) is 8.96. The Bertz CT molecular complexity index is 493. The first-order chi connectivity index (χ1) is 6.72. The van der Waals surface area contributed by atoms with E-state index in [0.717, 1.165) is 10.2 Å². The fraction of sp³-hybridized carbons (Fsp3) is 0.111. The highest BCUT2D eigenvalue weighted by Gasteiger charge is 2.12. The highest BCUT2D eigenvalue weighted by atomic mass is 32.1. The Morgan fingerprint density at radius 2 is 2.43 bits per heavy atom. The number of hydrogen-bond donors (Lipinski definition) is 1. The molecule has 0 bridgehead atoms. The zero-order valence-electron chi connectivity index (χ0n) is 7.48. The van der Waals surface area contributed by atoms with Gasteiger partial charge in [-0.3, -0.25) is 0 Å². The number of ether oxygens (including phenoxy) is 1. The lowest BCUT2D eigenvalue weighted by molar-refractivity contribution is 0.0602. The van der Waals surface area contributed by atoms with Gasteiger partial charge in [0.2, 0.25) is 0 Å². The van der Waals surface area contributed by atoms with E-state index in [0.29, 0.717) is 5.56 Å². The Labute approximate surface area is 84.3 Å². The van der Waals surface area contributed by atoms with Crippen molar-refractivity contribution < 1.29 is 9.53 Å². The minimum absolute atomic E-state index is 0.215. The van der Waals surface area contributed by atoms with Gasteiger partial charge in [-0.05, 0) is 17.5 Å². The average Bonchev–Trinajstić information content (AvgIpc) is 2.62. The van der Waals surface area contributed by atoms with Gasteiger partial charge in [-0.15, -0.1) is 11.3 Å². The predicted molar refractivity (Wildman–Crippen MR) is 55.4 cm³/mol. The number of fused-ring (bicyclic) bond motifs is 1. The van der Waals surface area contributed by atoms with E-state index >= 15 is 0 Å². The van der Waals surface area contributed by atoms with Gasteiger partial charge in [0.25, 0.3) is 0 Å². The molecule has 0 radical (unpaired) electrons. The first-order valence-electron chi connectivity index (χ1n) is 3.94. The van der Waals surface area contributed by atoms with E-state index < -0.39 is 5.97 Å². The number of carbonyl (C=O) groups is 1. The lowest BCUT2D eigenvalue weighted by atomic mass is 10.2. The van der Waals surface area contributed by atoms with Crippen molar-refractivity contribution in [2.75, 3.05) is 12.8 Å². The summed E-state index contributed by atoms with van der Waals surface area (Å²) < 4.78 is 4.59. The summed E-state index contributed by atoms with van der Waals surface area (Å²) in [5.74, 6) is -0.241. The Morgan fingerprint density at radius 1 is 1.64 bits per heavy atom. The van der Waals surface area contributed by atoms with Crippen molar-refractivity contribution in [3.05, 3.63) is 23.1 Å². The van der Waals surface area contributed by atoms with E-state index in [9.17, 15) is 4.79 Å². The Kier molecular flexibility index (Phi) is 2.09. The molecule has 2 aromatic rings. The van der Waals surface area contributed by atoms with E-state index in [1.54, 1.807) is 6.07 Å². The third-order valence-electron chi connectivity index (χ3n) is 1.88. The number of anilines is 1. The van der Waals surface area contributed by atoms with Crippen molar-refractivity contribution >= 4 is 33.3 Å². The number of rotatable bonds is 1. The summed E-state index contributed by atoms with van der Waals surface area (Å²) in [6.07, 6.45) is 0. The molecule has 2 rings (SSSR count). The van der Waals surface area contributed by atoms with Crippen LogP contribution in [0, 0.1) is 0 Å². The first-order valence-corrected chi connectivity index (χ1v) is 4.82. The second-order valence-electron chi connectivity index (χ2n) is 2.73. The third-order valence-corrected chi connectivity index (χ3v) is 2.70. The average molecular weight is 208 g/mol. The summed E-state index contributed by atoms with van der Waals surface area (Å²) in [5, 5.41) is 2.81. The van der Waals surface area contributed by atoms with Gasteiger partial charge in [0, 0.05) is 5.39 Å². The van der Waals surface area contributed by atoms with Crippen LogP contribution in [0.3, 0.4) is 0 Å². The maximum atomic E-state index is 11.3. The second-order valence-corrected chi connectivity index (χ2v) is 3.62. The number of nitrogens with zero attached hydrogens (tertiary/aromatic N) is 1. The van der Waals surface area contributed by atoms with Crippen LogP contribution in [0.15, 0.2) is 17.5 Å². The van der Waals surface area contributed by atoms with Gasteiger partial charge in [0.05, 0.1) is 7.11 Å². The molecule has 0 aliphatic heterocycles. The topological polar surface area (TPSA) is 65.2 Å². The third kappa shape index (κ3) is 1.31. The molecule has 0 fully saturated rings. The highest BCUT2D eigenvalue weighted by molar-refractivity contribution is 7.16. The molecule has 0 saturated heterocycles. The standard InChI is InChI=1S/C9H8N2O2S/c1-13-9(12)6-4-5-2-3-14-8(5)11-7(6)10/h2-4H,1H3,(H2,10,11). The van der Waals surface area contributed by atoms with Crippen LogP contribution in [0.2, 0.25) is 0 Å². The van der Waals surface area contributed by atoms with Crippen molar-refractivity contribution in [2.24, 2.45) is 0 Å². The molecular formula is C9H8N2O2S. The van der Waals surface area contributed by atoms with Gasteiger partial charge in [-0.1, -0.05) is 0 Å². The van der Waals surface area contributed by atoms with Crippen molar-refractivity contribution in [3.63, 3.8) is 0 Å². The van der Waals surface area contributed by atoms with Gasteiger partial charge in [0.15, 0.2) is 0 Å². The van der Waals surface area contributed by atoms with Crippen molar-refractivity contribution in [3.8, 4) is 0 Å². The normalized spacial score (nSPS) is 10.4. The lowest BCUT2D eigenvalue weighted by Crippen LogP contribution is -2.06. The van der Waals surface area contributed by atoms with Gasteiger partial charge in [-0.2, -0.15) is 0 Å². The molecule has 0 atom stereocenters.